The second kappa shape index (κ2) is 4.41. The smallest absolute Gasteiger partial charge is 0.0928 e. The number of aromatic nitrogens is 1. The minimum Gasteiger partial charge on any atom is -0.327 e. The predicted molar refractivity (Wildman–Crippen MR) is 60.5 cm³/mol. The maximum absolute atomic E-state index is 6.03. The van der Waals surface area contributed by atoms with E-state index in [1.807, 2.05) is 0 Å². The Balaban J connectivity index is 1.67. The predicted octanol–water partition coefficient (Wildman–Crippen LogP) is 2.51. The lowest BCUT2D eigenvalue weighted by molar-refractivity contribution is 0.528. The van der Waals surface area contributed by atoms with Crippen LogP contribution >= 0.6 is 11.3 Å². The van der Waals surface area contributed by atoms with E-state index >= 15 is 0 Å². The minimum atomic E-state index is 0.455. The molecule has 2 nitrogen and oxygen atoms in total. The molecule has 1 unspecified atom stereocenters. The highest BCUT2D eigenvalue weighted by molar-refractivity contribution is 7.09. The van der Waals surface area contributed by atoms with Gasteiger partial charge in [-0.3, -0.25) is 0 Å². The van der Waals surface area contributed by atoms with Crippen molar-refractivity contribution in [2.24, 2.45) is 11.7 Å². The van der Waals surface area contributed by atoms with Crippen molar-refractivity contribution in [2.75, 3.05) is 0 Å². The summed E-state index contributed by atoms with van der Waals surface area (Å²) in [6.07, 6.45) is 6.20. The molecule has 0 radical (unpaired) electrons. The van der Waals surface area contributed by atoms with Crippen LogP contribution in [0.1, 0.15) is 36.4 Å². The molecule has 0 spiro atoms. The molecule has 1 fully saturated rings. The summed E-state index contributed by atoms with van der Waals surface area (Å²) in [7, 11) is 0. The quantitative estimate of drug-likeness (QED) is 0.811. The Morgan fingerprint density at radius 3 is 3.00 bits per heavy atom. The molecule has 1 saturated carbocycles. The van der Waals surface area contributed by atoms with Gasteiger partial charge >= 0.3 is 0 Å². The number of hydrogen-bond donors (Lipinski definition) is 1. The Bertz CT molecular complexity index is 291. The maximum Gasteiger partial charge on any atom is 0.0928 e. The largest absolute Gasteiger partial charge is 0.327 e. The fourth-order valence-electron chi connectivity index (χ4n) is 1.77. The molecule has 0 aliphatic heterocycles. The van der Waals surface area contributed by atoms with Gasteiger partial charge in [-0.25, -0.2) is 4.98 Å². The second-order valence-electron chi connectivity index (χ2n) is 4.28. The zero-order chi connectivity index (χ0) is 9.97. The van der Waals surface area contributed by atoms with Crippen LogP contribution in [0.2, 0.25) is 0 Å². The number of thiazole rings is 1. The van der Waals surface area contributed by atoms with E-state index in [4.69, 9.17) is 5.73 Å². The molecule has 14 heavy (non-hydrogen) atoms. The highest BCUT2D eigenvalue weighted by Gasteiger charge is 2.27. The van der Waals surface area contributed by atoms with Crippen molar-refractivity contribution in [2.45, 2.75) is 45.1 Å². The summed E-state index contributed by atoms with van der Waals surface area (Å²) in [5.41, 5.74) is 7.18. The Hall–Kier alpha value is -0.410. The zero-order valence-electron chi connectivity index (χ0n) is 8.70. The van der Waals surface area contributed by atoms with Crippen molar-refractivity contribution in [3.8, 4) is 0 Å². The molecule has 0 saturated heterocycles. The van der Waals surface area contributed by atoms with Gasteiger partial charge in [0.1, 0.15) is 0 Å². The van der Waals surface area contributed by atoms with Crippen molar-refractivity contribution in [3.05, 3.63) is 16.1 Å². The molecular weight excluding hydrogens is 192 g/mol. The van der Waals surface area contributed by atoms with Gasteiger partial charge in [-0.05, 0) is 44.9 Å². The van der Waals surface area contributed by atoms with Crippen LogP contribution in [0.15, 0.2) is 5.38 Å². The van der Waals surface area contributed by atoms with Crippen molar-refractivity contribution < 1.29 is 0 Å². The van der Waals surface area contributed by atoms with Gasteiger partial charge in [-0.1, -0.05) is 0 Å². The van der Waals surface area contributed by atoms with E-state index in [1.54, 1.807) is 11.3 Å². The molecular formula is C11H18N2S. The number of hydrogen-bond acceptors (Lipinski definition) is 3. The molecule has 1 aliphatic carbocycles. The molecule has 1 aliphatic rings. The van der Waals surface area contributed by atoms with E-state index in [1.165, 1.54) is 30.7 Å². The third kappa shape index (κ3) is 2.79. The molecule has 1 aromatic heterocycles. The van der Waals surface area contributed by atoms with Crippen molar-refractivity contribution in [1.82, 2.24) is 4.98 Å². The monoisotopic (exact) mass is 210 g/mol. The third-order valence-electron chi connectivity index (χ3n) is 2.82. The Labute approximate surface area is 89.5 Å². The second-order valence-corrected chi connectivity index (χ2v) is 5.22. The van der Waals surface area contributed by atoms with E-state index in [0.29, 0.717) is 6.04 Å². The first-order valence-electron chi connectivity index (χ1n) is 5.42. The topological polar surface area (TPSA) is 38.9 Å². The van der Waals surface area contributed by atoms with E-state index in [0.717, 1.165) is 18.0 Å². The molecule has 2 N–H and O–H groups in total. The van der Waals surface area contributed by atoms with Crippen LogP contribution in [0.3, 0.4) is 0 Å². The van der Waals surface area contributed by atoms with Gasteiger partial charge in [-0.15, -0.1) is 11.3 Å². The molecule has 0 bridgehead atoms. The van der Waals surface area contributed by atoms with Gasteiger partial charge < -0.3 is 5.73 Å². The molecule has 0 amide bonds. The number of rotatable bonds is 5. The summed E-state index contributed by atoms with van der Waals surface area (Å²) >= 11 is 1.77. The highest BCUT2D eigenvalue weighted by Crippen LogP contribution is 2.33. The van der Waals surface area contributed by atoms with E-state index in [9.17, 15) is 0 Å². The third-order valence-corrected chi connectivity index (χ3v) is 3.85. The van der Waals surface area contributed by atoms with Gasteiger partial charge in [0.05, 0.1) is 5.01 Å². The van der Waals surface area contributed by atoms with Crippen molar-refractivity contribution in [3.63, 3.8) is 0 Å². The molecule has 1 atom stereocenters. The van der Waals surface area contributed by atoms with Crippen LogP contribution in [0, 0.1) is 12.8 Å². The maximum atomic E-state index is 6.03. The average molecular weight is 210 g/mol. The molecule has 3 heteroatoms. The van der Waals surface area contributed by atoms with Gasteiger partial charge in [-0.2, -0.15) is 0 Å². The summed E-state index contributed by atoms with van der Waals surface area (Å²) in [5, 5.41) is 3.39. The van der Waals surface area contributed by atoms with Gasteiger partial charge in [0.15, 0.2) is 0 Å². The summed E-state index contributed by atoms with van der Waals surface area (Å²) in [5.74, 6) is 0.841. The lowest BCUT2D eigenvalue weighted by atomic mass is 10.1. The standard InChI is InChI=1S/C11H18N2S/c1-8-7-14-11(13-8)4-2-3-10(12)9-5-6-9/h7,9-10H,2-6,12H2,1H3. The fourth-order valence-corrected chi connectivity index (χ4v) is 2.58. The zero-order valence-corrected chi connectivity index (χ0v) is 9.52. The number of nitrogens with two attached hydrogens (primary N) is 1. The minimum absolute atomic E-state index is 0.455. The molecule has 1 heterocycles. The first-order chi connectivity index (χ1) is 6.75. The van der Waals surface area contributed by atoms with Gasteiger partial charge in [0.25, 0.3) is 0 Å². The normalized spacial score (nSPS) is 18.4. The molecule has 0 aromatic carbocycles. The summed E-state index contributed by atoms with van der Waals surface area (Å²) in [4.78, 5) is 4.45. The van der Waals surface area contributed by atoms with Crippen LogP contribution in [0.4, 0.5) is 0 Å². The van der Waals surface area contributed by atoms with Crippen molar-refractivity contribution >= 4 is 11.3 Å². The number of nitrogens with zero attached hydrogens (tertiary/aromatic N) is 1. The van der Waals surface area contributed by atoms with Crippen LogP contribution in [0.25, 0.3) is 0 Å². The van der Waals surface area contributed by atoms with E-state index in [-0.39, 0.29) is 0 Å². The summed E-state index contributed by atoms with van der Waals surface area (Å²) in [6.45, 7) is 2.05. The fraction of sp³-hybridized carbons (Fsp3) is 0.727. The Kier molecular flexibility index (Phi) is 3.19. The first kappa shape index (κ1) is 10.1. The van der Waals surface area contributed by atoms with Crippen LogP contribution < -0.4 is 5.73 Å². The Morgan fingerprint density at radius 1 is 1.64 bits per heavy atom. The molecule has 78 valence electrons. The van der Waals surface area contributed by atoms with Gasteiger partial charge in [0.2, 0.25) is 0 Å². The van der Waals surface area contributed by atoms with Crippen LogP contribution in [0.5, 0.6) is 0 Å². The van der Waals surface area contributed by atoms with Crippen LogP contribution in [-0.4, -0.2) is 11.0 Å². The summed E-state index contributed by atoms with van der Waals surface area (Å²) in [6, 6.07) is 0.455. The first-order valence-corrected chi connectivity index (χ1v) is 6.30. The highest BCUT2D eigenvalue weighted by atomic mass is 32.1. The average Bonchev–Trinajstić information content (AvgIpc) is 2.92. The lowest BCUT2D eigenvalue weighted by Gasteiger charge is -2.08. The molecule has 1 aromatic rings. The van der Waals surface area contributed by atoms with Gasteiger partial charge in [0, 0.05) is 17.1 Å². The van der Waals surface area contributed by atoms with E-state index < -0.39 is 0 Å². The van der Waals surface area contributed by atoms with Crippen LogP contribution in [-0.2, 0) is 6.42 Å². The van der Waals surface area contributed by atoms with Crippen molar-refractivity contribution in [1.29, 1.82) is 0 Å². The van der Waals surface area contributed by atoms with E-state index in [2.05, 4.69) is 17.3 Å². The SMILES string of the molecule is Cc1csc(CCCC(N)C2CC2)n1. The lowest BCUT2D eigenvalue weighted by Crippen LogP contribution is -2.22. The Morgan fingerprint density at radius 2 is 2.43 bits per heavy atom. The molecule has 2 rings (SSSR count). The summed E-state index contributed by atoms with van der Waals surface area (Å²) < 4.78 is 0. The number of aryl methyl sites for hydroxylation is 2.